The smallest absolute Gasteiger partial charge is 0.220 e. The highest BCUT2D eigenvalue weighted by Crippen LogP contribution is 2.29. The summed E-state index contributed by atoms with van der Waals surface area (Å²) in [4.78, 5) is 12.7. The number of benzene rings is 2. The molecular weight excluding hydrogens is 308 g/mol. The molecule has 2 aromatic rings. The first kappa shape index (κ1) is 17.7. The highest BCUT2D eigenvalue weighted by atomic mass is 16.1. The van der Waals surface area contributed by atoms with Crippen molar-refractivity contribution in [3.05, 3.63) is 71.8 Å². The van der Waals surface area contributed by atoms with Crippen molar-refractivity contribution >= 4 is 5.91 Å². The van der Waals surface area contributed by atoms with Crippen LogP contribution in [0.1, 0.15) is 43.2 Å². The SMILES string of the molecule is CC1(CNC(=O)CC(c2ccccc2)c2ccccc2)CCNCC1. The summed E-state index contributed by atoms with van der Waals surface area (Å²) in [6, 6.07) is 20.6. The van der Waals surface area contributed by atoms with Crippen LogP contribution in [0.2, 0.25) is 0 Å². The molecule has 0 bridgehead atoms. The second kappa shape index (κ2) is 8.30. The largest absolute Gasteiger partial charge is 0.356 e. The molecule has 1 fully saturated rings. The minimum Gasteiger partial charge on any atom is -0.356 e. The van der Waals surface area contributed by atoms with E-state index in [1.165, 1.54) is 11.1 Å². The third kappa shape index (κ3) is 4.93. The van der Waals surface area contributed by atoms with E-state index in [0.29, 0.717) is 6.42 Å². The quantitative estimate of drug-likeness (QED) is 0.844. The van der Waals surface area contributed by atoms with E-state index < -0.39 is 0 Å². The van der Waals surface area contributed by atoms with E-state index in [4.69, 9.17) is 0 Å². The lowest BCUT2D eigenvalue weighted by atomic mass is 9.81. The lowest BCUT2D eigenvalue weighted by molar-refractivity contribution is -0.121. The topological polar surface area (TPSA) is 41.1 Å². The van der Waals surface area contributed by atoms with Gasteiger partial charge in [-0.2, -0.15) is 0 Å². The van der Waals surface area contributed by atoms with Gasteiger partial charge in [-0.1, -0.05) is 67.6 Å². The van der Waals surface area contributed by atoms with Crippen LogP contribution < -0.4 is 10.6 Å². The Morgan fingerprint density at radius 3 is 2.04 bits per heavy atom. The van der Waals surface area contributed by atoms with Gasteiger partial charge in [0, 0.05) is 18.9 Å². The molecule has 1 aliphatic rings. The normalized spacial score (nSPS) is 16.6. The first-order valence-electron chi connectivity index (χ1n) is 9.24. The Hall–Kier alpha value is -2.13. The van der Waals surface area contributed by atoms with Crippen molar-refractivity contribution in [1.29, 1.82) is 0 Å². The molecule has 1 amide bonds. The maximum absolute atomic E-state index is 12.7. The number of piperidine rings is 1. The van der Waals surface area contributed by atoms with Crippen molar-refractivity contribution in [3.8, 4) is 0 Å². The van der Waals surface area contributed by atoms with Crippen LogP contribution in [0.3, 0.4) is 0 Å². The lowest BCUT2D eigenvalue weighted by Gasteiger charge is -2.34. The molecule has 0 saturated carbocycles. The van der Waals surface area contributed by atoms with Crippen LogP contribution in [0.5, 0.6) is 0 Å². The van der Waals surface area contributed by atoms with Gasteiger partial charge in [-0.15, -0.1) is 0 Å². The molecule has 0 unspecified atom stereocenters. The molecule has 0 atom stereocenters. The fourth-order valence-electron chi connectivity index (χ4n) is 3.58. The average Bonchev–Trinajstić information content (AvgIpc) is 2.66. The van der Waals surface area contributed by atoms with Crippen LogP contribution in [0.15, 0.2) is 60.7 Å². The second-order valence-electron chi connectivity index (χ2n) is 7.42. The molecule has 0 aliphatic carbocycles. The van der Waals surface area contributed by atoms with E-state index in [9.17, 15) is 4.79 Å². The zero-order chi connectivity index (χ0) is 17.5. The molecule has 2 aromatic carbocycles. The van der Waals surface area contributed by atoms with Crippen LogP contribution in [-0.2, 0) is 4.79 Å². The molecule has 3 rings (SSSR count). The van der Waals surface area contributed by atoms with E-state index in [-0.39, 0.29) is 17.2 Å². The van der Waals surface area contributed by atoms with E-state index >= 15 is 0 Å². The van der Waals surface area contributed by atoms with E-state index in [1.54, 1.807) is 0 Å². The standard InChI is InChI=1S/C22H28N2O/c1-22(12-14-23-15-13-22)17-24-21(25)16-20(18-8-4-2-5-9-18)19-10-6-3-7-11-19/h2-11,20,23H,12-17H2,1H3,(H,24,25). The Labute approximate surface area is 150 Å². The molecule has 0 aromatic heterocycles. The molecule has 132 valence electrons. The highest BCUT2D eigenvalue weighted by Gasteiger charge is 2.27. The third-order valence-electron chi connectivity index (χ3n) is 5.32. The number of hydrogen-bond donors (Lipinski definition) is 2. The predicted molar refractivity (Wildman–Crippen MR) is 103 cm³/mol. The highest BCUT2D eigenvalue weighted by molar-refractivity contribution is 5.77. The number of carbonyl (C=O) groups is 1. The van der Waals surface area contributed by atoms with Gasteiger partial charge in [0.2, 0.25) is 5.91 Å². The first-order chi connectivity index (χ1) is 12.2. The summed E-state index contributed by atoms with van der Waals surface area (Å²) >= 11 is 0. The number of carbonyl (C=O) groups excluding carboxylic acids is 1. The molecular formula is C22H28N2O. The number of nitrogens with one attached hydrogen (secondary N) is 2. The zero-order valence-corrected chi connectivity index (χ0v) is 15.0. The van der Waals surface area contributed by atoms with Gasteiger partial charge in [-0.25, -0.2) is 0 Å². The molecule has 0 spiro atoms. The van der Waals surface area contributed by atoms with E-state index in [2.05, 4.69) is 41.8 Å². The summed E-state index contributed by atoms with van der Waals surface area (Å²) < 4.78 is 0. The summed E-state index contributed by atoms with van der Waals surface area (Å²) in [6.45, 7) is 5.13. The van der Waals surface area contributed by atoms with Gasteiger partial charge < -0.3 is 10.6 Å². The van der Waals surface area contributed by atoms with Crippen LogP contribution in [0, 0.1) is 5.41 Å². The Kier molecular flexibility index (Phi) is 5.87. The van der Waals surface area contributed by atoms with Gasteiger partial charge in [-0.3, -0.25) is 4.79 Å². The molecule has 1 saturated heterocycles. The van der Waals surface area contributed by atoms with Gasteiger partial charge in [-0.05, 0) is 42.5 Å². The molecule has 1 aliphatic heterocycles. The maximum atomic E-state index is 12.7. The summed E-state index contributed by atoms with van der Waals surface area (Å²) in [7, 11) is 0. The lowest BCUT2D eigenvalue weighted by Crippen LogP contribution is -2.43. The fourth-order valence-corrected chi connectivity index (χ4v) is 3.58. The van der Waals surface area contributed by atoms with Gasteiger partial charge in [0.05, 0.1) is 0 Å². The maximum Gasteiger partial charge on any atom is 0.220 e. The van der Waals surface area contributed by atoms with E-state index in [1.807, 2.05) is 36.4 Å². The Balaban J connectivity index is 1.67. The number of amides is 1. The van der Waals surface area contributed by atoms with Crippen LogP contribution in [0.4, 0.5) is 0 Å². The van der Waals surface area contributed by atoms with Crippen molar-refractivity contribution < 1.29 is 4.79 Å². The average molecular weight is 336 g/mol. The molecule has 0 radical (unpaired) electrons. The van der Waals surface area contributed by atoms with Crippen LogP contribution >= 0.6 is 0 Å². The van der Waals surface area contributed by atoms with Crippen molar-refractivity contribution in [2.45, 2.75) is 32.1 Å². The van der Waals surface area contributed by atoms with Crippen LogP contribution in [0.25, 0.3) is 0 Å². The summed E-state index contributed by atoms with van der Waals surface area (Å²) in [5.41, 5.74) is 2.60. The summed E-state index contributed by atoms with van der Waals surface area (Å²) in [5.74, 6) is 0.237. The molecule has 3 nitrogen and oxygen atoms in total. The molecule has 1 heterocycles. The van der Waals surface area contributed by atoms with Crippen molar-refractivity contribution in [2.24, 2.45) is 5.41 Å². The van der Waals surface area contributed by atoms with Gasteiger partial charge in [0.15, 0.2) is 0 Å². The van der Waals surface area contributed by atoms with Crippen molar-refractivity contribution in [1.82, 2.24) is 10.6 Å². The monoisotopic (exact) mass is 336 g/mol. The predicted octanol–water partition coefficient (Wildman–Crippen LogP) is 3.71. The Morgan fingerprint density at radius 2 is 1.52 bits per heavy atom. The Bertz CT molecular complexity index is 623. The molecule has 3 heteroatoms. The minimum absolute atomic E-state index is 0.100. The van der Waals surface area contributed by atoms with Crippen molar-refractivity contribution in [2.75, 3.05) is 19.6 Å². The Morgan fingerprint density at radius 1 is 1.00 bits per heavy atom. The molecule has 2 N–H and O–H groups in total. The first-order valence-corrected chi connectivity index (χ1v) is 9.24. The minimum atomic E-state index is 0.100. The van der Waals surface area contributed by atoms with Gasteiger partial charge in [0.25, 0.3) is 0 Å². The summed E-state index contributed by atoms with van der Waals surface area (Å²) in [5, 5.41) is 6.59. The third-order valence-corrected chi connectivity index (χ3v) is 5.32. The fraction of sp³-hybridized carbons (Fsp3) is 0.409. The van der Waals surface area contributed by atoms with Gasteiger partial charge >= 0.3 is 0 Å². The zero-order valence-electron chi connectivity index (χ0n) is 15.0. The van der Waals surface area contributed by atoms with Crippen molar-refractivity contribution in [3.63, 3.8) is 0 Å². The summed E-state index contributed by atoms with van der Waals surface area (Å²) in [6.07, 6.45) is 2.73. The number of hydrogen-bond acceptors (Lipinski definition) is 2. The second-order valence-corrected chi connectivity index (χ2v) is 7.42. The van der Waals surface area contributed by atoms with Gasteiger partial charge in [0.1, 0.15) is 0 Å². The van der Waals surface area contributed by atoms with Crippen LogP contribution in [-0.4, -0.2) is 25.5 Å². The molecule has 25 heavy (non-hydrogen) atoms. The number of rotatable bonds is 6. The van der Waals surface area contributed by atoms with E-state index in [0.717, 1.165) is 32.5 Å².